The van der Waals surface area contributed by atoms with Gasteiger partial charge in [-0.2, -0.15) is 0 Å². The number of aryl methyl sites for hydroxylation is 1. The number of benzene rings is 1. The quantitative estimate of drug-likeness (QED) is 0.781. The molecule has 1 aliphatic rings. The van der Waals surface area contributed by atoms with E-state index in [-0.39, 0.29) is 23.8 Å². The third-order valence-electron chi connectivity index (χ3n) is 4.74. The van der Waals surface area contributed by atoms with Gasteiger partial charge in [-0.3, -0.25) is 14.6 Å². The Bertz CT molecular complexity index is 819. The molecule has 0 saturated carbocycles. The molecule has 2 amide bonds. The zero-order chi connectivity index (χ0) is 18.7. The van der Waals surface area contributed by atoms with E-state index in [9.17, 15) is 9.59 Å². The van der Waals surface area contributed by atoms with Crippen LogP contribution in [0.2, 0.25) is 0 Å². The smallest absolute Gasteiger partial charge is 0.225 e. The minimum absolute atomic E-state index is 0.0425. The highest BCUT2D eigenvalue weighted by Crippen LogP contribution is 2.23. The van der Waals surface area contributed by atoms with Crippen molar-refractivity contribution in [2.75, 3.05) is 25.0 Å². The summed E-state index contributed by atoms with van der Waals surface area (Å²) in [4.78, 5) is 30.5. The van der Waals surface area contributed by atoms with Crippen molar-refractivity contribution in [3.8, 4) is 0 Å². The van der Waals surface area contributed by atoms with Crippen LogP contribution in [0.1, 0.15) is 26.0 Å². The van der Waals surface area contributed by atoms with Gasteiger partial charge in [-0.25, -0.2) is 0 Å². The molecular formula is C20H26N4O2. The van der Waals surface area contributed by atoms with Gasteiger partial charge in [0.15, 0.2) is 0 Å². The Morgan fingerprint density at radius 1 is 1.31 bits per heavy atom. The lowest BCUT2D eigenvalue weighted by Crippen LogP contribution is -2.37. The van der Waals surface area contributed by atoms with Crippen molar-refractivity contribution >= 4 is 28.4 Å². The van der Waals surface area contributed by atoms with Crippen molar-refractivity contribution < 1.29 is 9.59 Å². The molecule has 6 nitrogen and oxygen atoms in total. The number of amides is 2. The number of para-hydroxylation sites is 1. The summed E-state index contributed by atoms with van der Waals surface area (Å²) >= 11 is 0. The van der Waals surface area contributed by atoms with Crippen molar-refractivity contribution in [3.05, 3.63) is 36.0 Å². The molecule has 138 valence electrons. The maximum Gasteiger partial charge on any atom is 0.225 e. The van der Waals surface area contributed by atoms with Crippen molar-refractivity contribution in [3.63, 3.8) is 0 Å². The summed E-state index contributed by atoms with van der Waals surface area (Å²) in [7, 11) is 0. The molecule has 26 heavy (non-hydrogen) atoms. The standard InChI is InChI=1S/C20H26N4O2/c1-13(2)24-12-15(11-19(24)25)20(26)22-9-8-21-18-10-14(3)23-17-7-5-4-6-16(17)18/h4-7,10,13,15H,8-9,11-12H2,1-3H3,(H,21,23)(H,22,26). The average Bonchev–Trinajstić information content (AvgIpc) is 3.00. The van der Waals surface area contributed by atoms with E-state index in [1.54, 1.807) is 4.90 Å². The van der Waals surface area contributed by atoms with Crippen molar-refractivity contribution in [2.45, 2.75) is 33.2 Å². The first-order chi connectivity index (χ1) is 12.5. The number of nitrogens with zero attached hydrogens (tertiary/aromatic N) is 2. The molecule has 2 heterocycles. The first kappa shape index (κ1) is 18.2. The Labute approximate surface area is 154 Å². The zero-order valence-electron chi connectivity index (χ0n) is 15.6. The fraction of sp³-hybridized carbons (Fsp3) is 0.450. The molecule has 1 aromatic heterocycles. The molecule has 1 atom stereocenters. The topological polar surface area (TPSA) is 74.3 Å². The van der Waals surface area contributed by atoms with E-state index in [0.717, 1.165) is 22.3 Å². The number of hydrogen-bond donors (Lipinski definition) is 2. The highest BCUT2D eigenvalue weighted by atomic mass is 16.2. The van der Waals surface area contributed by atoms with Crippen LogP contribution in [-0.4, -0.2) is 47.4 Å². The van der Waals surface area contributed by atoms with Crippen LogP contribution in [0.3, 0.4) is 0 Å². The second-order valence-corrected chi connectivity index (χ2v) is 7.09. The predicted octanol–water partition coefficient (Wildman–Crippen LogP) is 2.33. The highest BCUT2D eigenvalue weighted by molar-refractivity contribution is 5.91. The third-order valence-corrected chi connectivity index (χ3v) is 4.74. The Kier molecular flexibility index (Phi) is 5.40. The number of carbonyl (C=O) groups is 2. The SMILES string of the molecule is Cc1cc(NCCNC(=O)C2CC(=O)N(C(C)C)C2)c2ccccc2n1. The van der Waals surface area contributed by atoms with Gasteiger partial charge in [0.2, 0.25) is 11.8 Å². The number of pyridine rings is 1. The first-order valence-corrected chi connectivity index (χ1v) is 9.13. The monoisotopic (exact) mass is 354 g/mol. The number of aromatic nitrogens is 1. The first-order valence-electron chi connectivity index (χ1n) is 9.13. The van der Waals surface area contributed by atoms with Gasteiger partial charge in [0, 0.05) is 48.9 Å². The Hall–Kier alpha value is -2.63. The fourth-order valence-electron chi connectivity index (χ4n) is 3.39. The largest absolute Gasteiger partial charge is 0.383 e. The Morgan fingerprint density at radius 3 is 2.81 bits per heavy atom. The molecule has 2 N–H and O–H groups in total. The second kappa shape index (κ2) is 7.72. The number of anilines is 1. The molecule has 1 saturated heterocycles. The molecule has 3 rings (SSSR count). The Morgan fingerprint density at radius 2 is 2.08 bits per heavy atom. The van der Waals surface area contributed by atoms with Crippen molar-refractivity contribution in [1.29, 1.82) is 0 Å². The van der Waals surface area contributed by atoms with Gasteiger partial charge < -0.3 is 15.5 Å². The predicted molar refractivity (Wildman–Crippen MR) is 103 cm³/mol. The normalized spacial score (nSPS) is 17.2. The van der Waals surface area contributed by atoms with Gasteiger partial charge in [-0.1, -0.05) is 18.2 Å². The van der Waals surface area contributed by atoms with Gasteiger partial charge in [-0.15, -0.1) is 0 Å². The van der Waals surface area contributed by atoms with Crippen LogP contribution in [0.4, 0.5) is 5.69 Å². The molecule has 1 aliphatic heterocycles. The second-order valence-electron chi connectivity index (χ2n) is 7.09. The summed E-state index contributed by atoms with van der Waals surface area (Å²) in [5, 5.41) is 7.39. The molecule has 6 heteroatoms. The molecule has 0 bridgehead atoms. The highest BCUT2D eigenvalue weighted by Gasteiger charge is 2.35. The summed E-state index contributed by atoms with van der Waals surface area (Å²) < 4.78 is 0. The molecule has 0 aliphatic carbocycles. The number of rotatable bonds is 6. The molecular weight excluding hydrogens is 328 g/mol. The van der Waals surface area contributed by atoms with E-state index in [2.05, 4.69) is 15.6 Å². The maximum absolute atomic E-state index is 12.3. The van der Waals surface area contributed by atoms with Crippen LogP contribution in [0.5, 0.6) is 0 Å². The van der Waals surface area contributed by atoms with Gasteiger partial charge in [0.1, 0.15) is 0 Å². The minimum Gasteiger partial charge on any atom is -0.383 e. The van der Waals surface area contributed by atoms with Crippen LogP contribution in [0, 0.1) is 12.8 Å². The fourth-order valence-corrected chi connectivity index (χ4v) is 3.39. The van der Waals surface area contributed by atoms with E-state index in [1.165, 1.54) is 0 Å². The molecule has 1 fully saturated rings. The van der Waals surface area contributed by atoms with E-state index in [4.69, 9.17) is 0 Å². The number of fused-ring (bicyclic) bond motifs is 1. The van der Waals surface area contributed by atoms with Crippen LogP contribution in [-0.2, 0) is 9.59 Å². The third kappa shape index (κ3) is 3.95. The van der Waals surface area contributed by atoms with Crippen molar-refractivity contribution in [2.24, 2.45) is 5.92 Å². The van der Waals surface area contributed by atoms with E-state index >= 15 is 0 Å². The Balaban J connectivity index is 1.52. The molecule has 0 spiro atoms. The van der Waals surface area contributed by atoms with E-state index in [0.29, 0.717) is 26.1 Å². The summed E-state index contributed by atoms with van der Waals surface area (Å²) in [6.07, 6.45) is 0.311. The zero-order valence-corrected chi connectivity index (χ0v) is 15.6. The molecule has 1 unspecified atom stereocenters. The van der Waals surface area contributed by atoms with E-state index in [1.807, 2.05) is 51.1 Å². The molecule has 2 aromatic rings. The number of carbonyl (C=O) groups excluding carboxylic acids is 2. The lowest BCUT2D eigenvalue weighted by Gasteiger charge is -2.20. The lowest BCUT2D eigenvalue weighted by atomic mass is 10.1. The van der Waals surface area contributed by atoms with Gasteiger partial charge >= 0.3 is 0 Å². The van der Waals surface area contributed by atoms with Gasteiger partial charge in [0.05, 0.1) is 11.4 Å². The summed E-state index contributed by atoms with van der Waals surface area (Å²) in [5.74, 6) is -0.218. The number of likely N-dealkylation sites (tertiary alicyclic amines) is 1. The number of nitrogens with one attached hydrogen (secondary N) is 2. The van der Waals surface area contributed by atoms with Crippen LogP contribution in [0.25, 0.3) is 10.9 Å². The summed E-state index contributed by atoms with van der Waals surface area (Å²) in [6.45, 7) is 7.57. The van der Waals surface area contributed by atoms with Gasteiger partial charge in [0.25, 0.3) is 0 Å². The molecule has 0 radical (unpaired) electrons. The summed E-state index contributed by atoms with van der Waals surface area (Å²) in [6, 6.07) is 10.2. The average molecular weight is 354 g/mol. The van der Waals surface area contributed by atoms with Crippen LogP contribution in [0.15, 0.2) is 30.3 Å². The number of hydrogen-bond acceptors (Lipinski definition) is 4. The van der Waals surface area contributed by atoms with Crippen molar-refractivity contribution in [1.82, 2.24) is 15.2 Å². The van der Waals surface area contributed by atoms with E-state index < -0.39 is 0 Å². The maximum atomic E-state index is 12.3. The van der Waals surface area contributed by atoms with Gasteiger partial charge in [-0.05, 0) is 32.9 Å². The lowest BCUT2D eigenvalue weighted by molar-refractivity contribution is -0.129. The molecule has 1 aromatic carbocycles. The van der Waals surface area contributed by atoms with Crippen LogP contribution < -0.4 is 10.6 Å². The minimum atomic E-state index is -0.242. The summed E-state index contributed by atoms with van der Waals surface area (Å²) in [5.41, 5.74) is 2.93. The van der Waals surface area contributed by atoms with Crippen LogP contribution >= 0.6 is 0 Å².